The fraction of sp³-hybridized carbons (Fsp3) is 0.566. The first-order chi connectivity index (χ1) is 40.5. The lowest BCUT2D eigenvalue weighted by Crippen LogP contribution is -2.30. The van der Waals surface area contributed by atoms with Crippen LogP contribution in [-0.2, 0) is 28.6 Å². The van der Waals surface area contributed by atoms with E-state index in [2.05, 4.69) is 203 Å². The Balaban J connectivity index is 4.49. The fourth-order valence-electron chi connectivity index (χ4n) is 8.33. The zero-order valence-electron chi connectivity index (χ0n) is 52.4. The Morgan fingerprint density at radius 3 is 0.780 bits per heavy atom. The van der Waals surface area contributed by atoms with Gasteiger partial charge in [0.05, 0.1) is 0 Å². The Bertz CT molecular complexity index is 1920. The van der Waals surface area contributed by atoms with Gasteiger partial charge in [-0.05, 0) is 135 Å². The van der Waals surface area contributed by atoms with E-state index in [1.54, 1.807) is 0 Å². The number of hydrogen-bond acceptors (Lipinski definition) is 6. The standard InChI is InChI=1S/C76H118O6/c1-4-7-10-13-16-19-22-25-27-29-31-33-35-36-37-38-39-40-42-43-45-47-49-51-54-57-60-63-66-69-75(78)81-72-73(71-80-74(77)68-65-62-59-56-53-24-21-18-15-12-9-6-3)82-76(79)70-67-64-61-58-55-52-50-48-46-44-41-34-32-30-28-26-23-20-17-14-11-8-5-2/h7-8,10-11,16-17,19-20,25-28,31-34,36-37,39-40,43-46,49-52,58,61,73H,4-6,9,12-15,18,21-24,29-30,35,38,41-42,47-48,53-57,59-60,62-72H2,1-3H3/b10-7-,11-8-,19-16-,20-17-,27-25-,28-26-,33-31-,34-32-,37-36-,40-39-,45-43-,46-44-,51-49-,52-50-,61-58-. The number of rotatable bonds is 57. The lowest BCUT2D eigenvalue weighted by Gasteiger charge is -2.18. The van der Waals surface area contributed by atoms with E-state index in [1.807, 2.05) is 0 Å². The highest BCUT2D eigenvalue weighted by Gasteiger charge is 2.19. The zero-order chi connectivity index (χ0) is 59.2. The Kier molecular flexibility index (Phi) is 63.5. The second kappa shape index (κ2) is 68.0. The summed E-state index contributed by atoms with van der Waals surface area (Å²) in [5.41, 5.74) is 0. The van der Waals surface area contributed by atoms with Crippen LogP contribution >= 0.6 is 0 Å². The van der Waals surface area contributed by atoms with Gasteiger partial charge in [0.1, 0.15) is 13.2 Å². The highest BCUT2D eigenvalue weighted by molar-refractivity contribution is 5.71. The van der Waals surface area contributed by atoms with Crippen molar-refractivity contribution in [2.45, 2.75) is 264 Å². The molecular weight excluding hydrogens is 1010 g/mol. The predicted molar refractivity (Wildman–Crippen MR) is 357 cm³/mol. The zero-order valence-corrected chi connectivity index (χ0v) is 52.4. The van der Waals surface area contributed by atoms with Gasteiger partial charge in [-0.25, -0.2) is 0 Å². The van der Waals surface area contributed by atoms with Crippen molar-refractivity contribution in [1.82, 2.24) is 0 Å². The molecule has 0 spiro atoms. The van der Waals surface area contributed by atoms with Crippen molar-refractivity contribution in [3.05, 3.63) is 182 Å². The monoisotopic (exact) mass is 1130 g/mol. The molecule has 0 N–H and O–H groups in total. The number of esters is 3. The van der Waals surface area contributed by atoms with Crippen molar-refractivity contribution in [3.63, 3.8) is 0 Å². The minimum absolute atomic E-state index is 0.116. The second-order valence-corrected chi connectivity index (χ2v) is 20.9. The molecule has 0 saturated carbocycles. The van der Waals surface area contributed by atoms with Gasteiger partial charge in [-0.15, -0.1) is 0 Å². The van der Waals surface area contributed by atoms with E-state index in [9.17, 15) is 14.4 Å². The third-order valence-corrected chi connectivity index (χ3v) is 13.2. The first-order valence-corrected chi connectivity index (χ1v) is 32.8. The molecule has 0 fully saturated rings. The van der Waals surface area contributed by atoms with Crippen LogP contribution in [0.1, 0.15) is 258 Å². The third-order valence-electron chi connectivity index (χ3n) is 13.2. The molecule has 6 nitrogen and oxygen atoms in total. The molecule has 0 aromatic rings. The molecule has 0 rings (SSSR count). The summed E-state index contributed by atoms with van der Waals surface area (Å²) in [5, 5.41) is 0. The normalized spacial score (nSPS) is 13.4. The van der Waals surface area contributed by atoms with Crippen LogP contribution in [0.3, 0.4) is 0 Å². The SMILES string of the molecule is CC/C=C\C/C=C\C/C=C\C/C=C\C/C=C\C/C=C\C/C=C\C/C=C\CCCCCCC(=O)OCC(COC(=O)CCCCCCCCCCCCCC)OC(=O)CCC/C=C\C/C=C\C/C=C\C/C=C\C/C=C\C/C=C\C/C=C\CC. The summed E-state index contributed by atoms with van der Waals surface area (Å²) in [7, 11) is 0. The molecule has 0 aliphatic rings. The van der Waals surface area contributed by atoms with Gasteiger partial charge in [0, 0.05) is 19.3 Å². The predicted octanol–water partition coefficient (Wildman–Crippen LogP) is 22.8. The van der Waals surface area contributed by atoms with Gasteiger partial charge in [0.15, 0.2) is 6.10 Å². The van der Waals surface area contributed by atoms with Gasteiger partial charge in [0.25, 0.3) is 0 Å². The van der Waals surface area contributed by atoms with Gasteiger partial charge in [-0.3, -0.25) is 14.4 Å². The van der Waals surface area contributed by atoms with E-state index in [4.69, 9.17) is 14.2 Å². The summed E-state index contributed by atoms with van der Waals surface area (Å²) >= 11 is 0. The van der Waals surface area contributed by atoms with E-state index in [0.717, 1.165) is 154 Å². The molecule has 0 aliphatic heterocycles. The van der Waals surface area contributed by atoms with Crippen molar-refractivity contribution >= 4 is 17.9 Å². The van der Waals surface area contributed by atoms with Gasteiger partial charge in [0.2, 0.25) is 0 Å². The van der Waals surface area contributed by atoms with Crippen LogP contribution in [-0.4, -0.2) is 37.2 Å². The number of hydrogen-bond donors (Lipinski definition) is 0. The summed E-state index contributed by atoms with van der Waals surface area (Å²) < 4.78 is 16.8. The van der Waals surface area contributed by atoms with Crippen molar-refractivity contribution in [2.24, 2.45) is 0 Å². The van der Waals surface area contributed by atoms with Crippen LogP contribution in [0, 0.1) is 0 Å². The minimum atomic E-state index is -0.829. The first kappa shape index (κ1) is 76.5. The smallest absolute Gasteiger partial charge is 0.306 e. The molecule has 0 saturated heterocycles. The summed E-state index contributed by atoms with van der Waals surface area (Å²) in [4.78, 5) is 38.3. The maximum absolute atomic E-state index is 12.9. The van der Waals surface area contributed by atoms with Crippen molar-refractivity contribution in [1.29, 1.82) is 0 Å². The average Bonchev–Trinajstić information content (AvgIpc) is 3.47. The van der Waals surface area contributed by atoms with Crippen LogP contribution in [0.15, 0.2) is 182 Å². The Hall–Kier alpha value is -5.49. The molecule has 82 heavy (non-hydrogen) atoms. The van der Waals surface area contributed by atoms with Crippen molar-refractivity contribution < 1.29 is 28.6 Å². The number of allylic oxidation sites excluding steroid dienone is 30. The summed E-state index contributed by atoms with van der Waals surface area (Å²) in [6, 6.07) is 0. The fourth-order valence-corrected chi connectivity index (χ4v) is 8.33. The molecule has 1 unspecified atom stereocenters. The highest BCUT2D eigenvalue weighted by Crippen LogP contribution is 2.14. The average molecular weight is 1130 g/mol. The second-order valence-electron chi connectivity index (χ2n) is 20.9. The van der Waals surface area contributed by atoms with Crippen LogP contribution in [0.25, 0.3) is 0 Å². The largest absolute Gasteiger partial charge is 0.462 e. The highest BCUT2D eigenvalue weighted by atomic mass is 16.6. The molecule has 1 atom stereocenters. The number of carbonyl (C=O) groups excluding carboxylic acids is 3. The van der Waals surface area contributed by atoms with Crippen LogP contribution < -0.4 is 0 Å². The maximum atomic E-state index is 12.9. The van der Waals surface area contributed by atoms with E-state index in [1.165, 1.54) is 57.8 Å². The van der Waals surface area contributed by atoms with E-state index >= 15 is 0 Å². The molecule has 6 heteroatoms. The lowest BCUT2D eigenvalue weighted by atomic mass is 10.0. The Morgan fingerprint density at radius 1 is 0.256 bits per heavy atom. The number of carbonyl (C=O) groups is 3. The van der Waals surface area contributed by atoms with Crippen LogP contribution in [0.4, 0.5) is 0 Å². The van der Waals surface area contributed by atoms with Gasteiger partial charge >= 0.3 is 17.9 Å². The van der Waals surface area contributed by atoms with Gasteiger partial charge in [-0.2, -0.15) is 0 Å². The van der Waals surface area contributed by atoms with E-state index < -0.39 is 6.10 Å². The molecule has 0 bridgehead atoms. The topological polar surface area (TPSA) is 78.9 Å². The van der Waals surface area contributed by atoms with Crippen LogP contribution in [0.5, 0.6) is 0 Å². The molecular formula is C76H118O6. The molecule has 0 heterocycles. The summed E-state index contributed by atoms with van der Waals surface area (Å²) in [6.07, 6.45) is 102. The molecule has 458 valence electrons. The third kappa shape index (κ3) is 65.3. The summed E-state index contributed by atoms with van der Waals surface area (Å²) in [5.74, 6) is -1.01. The number of unbranched alkanes of at least 4 members (excludes halogenated alkanes) is 16. The molecule has 0 amide bonds. The molecule has 0 radical (unpaired) electrons. The Morgan fingerprint density at radius 2 is 0.488 bits per heavy atom. The first-order valence-electron chi connectivity index (χ1n) is 32.8. The van der Waals surface area contributed by atoms with Crippen molar-refractivity contribution in [3.8, 4) is 0 Å². The summed E-state index contributed by atoms with van der Waals surface area (Å²) in [6.45, 7) is 6.33. The van der Waals surface area contributed by atoms with E-state index in [-0.39, 0.29) is 37.5 Å². The molecule has 0 aromatic carbocycles. The molecule has 0 aliphatic carbocycles. The van der Waals surface area contributed by atoms with Crippen LogP contribution in [0.2, 0.25) is 0 Å². The maximum Gasteiger partial charge on any atom is 0.306 e. The van der Waals surface area contributed by atoms with E-state index in [0.29, 0.717) is 19.3 Å². The van der Waals surface area contributed by atoms with Crippen molar-refractivity contribution in [2.75, 3.05) is 13.2 Å². The number of ether oxygens (including phenoxy) is 3. The Labute approximate surface area is 504 Å². The van der Waals surface area contributed by atoms with Gasteiger partial charge < -0.3 is 14.2 Å². The molecule has 0 aromatic heterocycles. The lowest BCUT2D eigenvalue weighted by molar-refractivity contribution is -0.167. The quantitative estimate of drug-likeness (QED) is 0.0261. The minimum Gasteiger partial charge on any atom is -0.462 e. The van der Waals surface area contributed by atoms with Gasteiger partial charge in [-0.1, -0.05) is 287 Å².